The molecule has 1 aromatic heterocycles. The van der Waals surface area contributed by atoms with Crippen molar-refractivity contribution in [2.45, 2.75) is 6.54 Å². The summed E-state index contributed by atoms with van der Waals surface area (Å²) in [5.74, 6) is 1.02. The van der Waals surface area contributed by atoms with Crippen molar-refractivity contribution in [3.63, 3.8) is 0 Å². The number of rotatable bonds is 6. The van der Waals surface area contributed by atoms with Gasteiger partial charge in [0.25, 0.3) is 0 Å². The molecule has 1 heterocycles. The topological polar surface area (TPSA) is 57.2 Å². The maximum absolute atomic E-state index is 12.4. The second-order valence-corrected chi connectivity index (χ2v) is 9.77. The fraction of sp³-hybridized carbons (Fsp3) is 0.0312. The van der Waals surface area contributed by atoms with Crippen LogP contribution in [0.5, 0.6) is 11.5 Å². The highest BCUT2D eigenvalue weighted by Gasteiger charge is 2.19. The Morgan fingerprint density at radius 3 is 2.29 bits per heavy atom. The number of nitrogens with zero attached hydrogens (tertiary/aromatic N) is 1. The number of hydrogen-bond donors (Lipinski definition) is 1. The molecule has 0 spiro atoms. The molecule has 0 unspecified atom stereocenters. The van der Waals surface area contributed by atoms with Crippen molar-refractivity contribution in [3.05, 3.63) is 130 Å². The van der Waals surface area contributed by atoms with Crippen LogP contribution in [0.15, 0.2) is 103 Å². The number of amides is 1. The average Bonchev–Trinajstić information content (AvgIpc) is 3.22. The molecule has 6 heteroatoms. The molecule has 0 aliphatic rings. The molecule has 0 saturated heterocycles. The molecule has 0 saturated carbocycles. The summed E-state index contributed by atoms with van der Waals surface area (Å²) in [5.41, 5.74) is 10.6. The number of ether oxygens (including phenoxy) is 1. The van der Waals surface area contributed by atoms with Crippen molar-refractivity contribution in [2.24, 2.45) is 5.73 Å². The van der Waals surface area contributed by atoms with Gasteiger partial charge in [-0.3, -0.25) is 4.79 Å². The SMILES string of the molecule is NC(=O)c1cccc2c1c1[c]cc(-c3c(Cl)cccc3Cl)cc1n2Cc1cccc(Oc2ccccc2)c1. The maximum atomic E-state index is 12.4. The summed E-state index contributed by atoms with van der Waals surface area (Å²) in [6.07, 6.45) is 0. The molecule has 6 aromatic rings. The van der Waals surface area contributed by atoms with Gasteiger partial charge in [0, 0.05) is 38.5 Å². The van der Waals surface area contributed by atoms with E-state index in [4.69, 9.17) is 33.7 Å². The van der Waals surface area contributed by atoms with Crippen LogP contribution in [0.2, 0.25) is 10.0 Å². The first-order valence-electron chi connectivity index (χ1n) is 12.0. The van der Waals surface area contributed by atoms with Gasteiger partial charge in [0.15, 0.2) is 0 Å². The summed E-state index contributed by atoms with van der Waals surface area (Å²) < 4.78 is 8.22. The first-order chi connectivity index (χ1) is 18.5. The van der Waals surface area contributed by atoms with Crippen molar-refractivity contribution in [3.8, 4) is 22.6 Å². The molecular weight excluding hydrogens is 515 g/mol. The molecule has 38 heavy (non-hydrogen) atoms. The summed E-state index contributed by atoms with van der Waals surface area (Å²) in [7, 11) is 0. The van der Waals surface area contributed by atoms with E-state index in [9.17, 15) is 4.79 Å². The van der Waals surface area contributed by atoms with Crippen molar-refractivity contribution in [1.82, 2.24) is 4.57 Å². The van der Waals surface area contributed by atoms with E-state index < -0.39 is 5.91 Å². The zero-order valence-electron chi connectivity index (χ0n) is 20.1. The standard InChI is InChI=1S/C32H21Cl2N2O2/c33-26-12-6-13-27(34)30(26)21-15-16-24-29(18-21)36(28-14-5-11-25(31(24)28)32(35)37)19-20-7-4-10-23(17-20)38-22-8-2-1-3-9-22/h1-15,17-18H,19H2,(H2,35,37). The highest BCUT2D eigenvalue weighted by Crippen LogP contribution is 2.39. The highest BCUT2D eigenvalue weighted by atomic mass is 35.5. The van der Waals surface area contributed by atoms with Gasteiger partial charge in [-0.25, -0.2) is 0 Å². The third kappa shape index (κ3) is 4.38. The van der Waals surface area contributed by atoms with Crippen LogP contribution in [0.3, 0.4) is 0 Å². The van der Waals surface area contributed by atoms with Gasteiger partial charge in [0.2, 0.25) is 5.91 Å². The van der Waals surface area contributed by atoms with Crippen LogP contribution in [0, 0.1) is 6.07 Å². The minimum atomic E-state index is -0.487. The molecule has 0 fully saturated rings. The van der Waals surface area contributed by atoms with E-state index in [1.54, 1.807) is 6.07 Å². The Morgan fingerprint density at radius 1 is 0.816 bits per heavy atom. The van der Waals surface area contributed by atoms with Crippen molar-refractivity contribution in [2.75, 3.05) is 0 Å². The van der Waals surface area contributed by atoms with Gasteiger partial charge in [-0.1, -0.05) is 65.7 Å². The first-order valence-corrected chi connectivity index (χ1v) is 12.8. The Labute approximate surface area is 229 Å². The van der Waals surface area contributed by atoms with E-state index in [-0.39, 0.29) is 0 Å². The van der Waals surface area contributed by atoms with Gasteiger partial charge in [-0.15, -0.1) is 0 Å². The van der Waals surface area contributed by atoms with E-state index in [1.807, 2.05) is 97.1 Å². The van der Waals surface area contributed by atoms with Crippen LogP contribution >= 0.6 is 23.2 Å². The summed E-state index contributed by atoms with van der Waals surface area (Å²) in [5, 5.41) is 2.68. The Balaban J connectivity index is 1.53. The van der Waals surface area contributed by atoms with Crippen LogP contribution in [-0.4, -0.2) is 10.5 Å². The van der Waals surface area contributed by atoms with Crippen LogP contribution < -0.4 is 10.5 Å². The number of hydrogen-bond acceptors (Lipinski definition) is 2. The summed E-state index contributed by atoms with van der Waals surface area (Å²) >= 11 is 13.1. The number of para-hydroxylation sites is 1. The molecule has 2 N–H and O–H groups in total. The summed E-state index contributed by atoms with van der Waals surface area (Å²) in [6, 6.07) is 35.9. The van der Waals surface area contributed by atoms with Gasteiger partial charge < -0.3 is 15.0 Å². The Kier molecular flexibility index (Phi) is 6.28. The number of carbonyl (C=O) groups excluding carboxylic acids is 1. The van der Waals surface area contributed by atoms with E-state index in [0.29, 0.717) is 22.2 Å². The number of carbonyl (C=O) groups is 1. The average molecular weight is 536 g/mol. The third-order valence-corrected chi connectivity index (χ3v) is 7.16. The molecule has 0 bridgehead atoms. The summed E-state index contributed by atoms with van der Waals surface area (Å²) in [6.45, 7) is 0.530. The molecule has 0 aliphatic carbocycles. The van der Waals surface area contributed by atoms with Crippen molar-refractivity contribution in [1.29, 1.82) is 0 Å². The number of benzene rings is 5. The molecular formula is C32H21Cl2N2O2. The van der Waals surface area contributed by atoms with Crippen LogP contribution in [-0.2, 0) is 6.54 Å². The third-order valence-electron chi connectivity index (χ3n) is 6.53. The molecule has 0 aliphatic heterocycles. The van der Waals surface area contributed by atoms with Gasteiger partial charge in [0.05, 0.1) is 11.0 Å². The zero-order chi connectivity index (χ0) is 26.2. The largest absolute Gasteiger partial charge is 0.457 e. The predicted molar refractivity (Wildman–Crippen MR) is 154 cm³/mol. The lowest BCUT2D eigenvalue weighted by Crippen LogP contribution is -2.11. The Hall–Kier alpha value is -4.25. The normalized spacial score (nSPS) is 11.2. The van der Waals surface area contributed by atoms with Gasteiger partial charge in [0.1, 0.15) is 11.5 Å². The quantitative estimate of drug-likeness (QED) is 0.232. The number of aromatic nitrogens is 1. The second-order valence-electron chi connectivity index (χ2n) is 8.96. The number of fused-ring (bicyclic) bond motifs is 3. The fourth-order valence-corrected chi connectivity index (χ4v) is 5.48. The lowest BCUT2D eigenvalue weighted by Gasteiger charge is -2.12. The fourth-order valence-electron chi connectivity index (χ4n) is 4.86. The van der Waals surface area contributed by atoms with E-state index in [2.05, 4.69) is 10.6 Å². The van der Waals surface area contributed by atoms with Gasteiger partial charge in [-0.2, -0.15) is 0 Å². The molecule has 1 radical (unpaired) electrons. The lowest BCUT2D eigenvalue weighted by atomic mass is 10.0. The first kappa shape index (κ1) is 24.1. The maximum Gasteiger partial charge on any atom is 0.249 e. The molecule has 185 valence electrons. The monoisotopic (exact) mass is 535 g/mol. The molecule has 5 aromatic carbocycles. The molecule has 0 atom stereocenters. The number of halogens is 2. The molecule has 4 nitrogen and oxygen atoms in total. The van der Waals surface area contributed by atoms with Gasteiger partial charge in [-0.05, 0) is 77.9 Å². The van der Waals surface area contributed by atoms with Crippen LogP contribution in [0.25, 0.3) is 32.9 Å². The highest BCUT2D eigenvalue weighted by molar-refractivity contribution is 6.39. The second kappa shape index (κ2) is 9.90. The Morgan fingerprint density at radius 2 is 1.53 bits per heavy atom. The Bertz CT molecular complexity index is 1810. The summed E-state index contributed by atoms with van der Waals surface area (Å²) in [4.78, 5) is 12.4. The van der Waals surface area contributed by atoms with Crippen LogP contribution in [0.4, 0.5) is 0 Å². The minimum absolute atomic E-state index is 0.451. The van der Waals surface area contributed by atoms with E-state index in [1.165, 1.54) is 0 Å². The van der Waals surface area contributed by atoms with Crippen LogP contribution in [0.1, 0.15) is 15.9 Å². The van der Waals surface area contributed by atoms with E-state index in [0.717, 1.165) is 50.0 Å². The lowest BCUT2D eigenvalue weighted by molar-refractivity contribution is 0.100. The zero-order valence-corrected chi connectivity index (χ0v) is 21.6. The predicted octanol–water partition coefficient (Wildman–Crippen LogP) is 8.51. The van der Waals surface area contributed by atoms with Gasteiger partial charge >= 0.3 is 0 Å². The molecule has 1 amide bonds. The number of primary amides is 1. The van der Waals surface area contributed by atoms with Crippen molar-refractivity contribution < 1.29 is 9.53 Å². The number of nitrogens with two attached hydrogens (primary N) is 1. The van der Waals surface area contributed by atoms with Crippen molar-refractivity contribution >= 4 is 50.9 Å². The minimum Gasteiger partial charge on any atom is -0.457 e. The van der Waals surface area contributed by atoms with E-state index >= 15 is 0 Å². The smallest absolute Gasteiger partial charge is 0.249 e. The molecule has 6 rings (SSSR count).